The summed E-state index contributed by atoms with van der Waals surface area (Å²) in [6.07, 6.45) is 0. The number of aryl methyl sites for hydroxylation is 1. The molecule has 0 spiro atoms. The van der Waals surface area contributed by atoms with E-state index in [1.165, 1.54) is 4.90 Å². The first-order chi connectivity index (χ1) is 11.8. The Kier molecular flexibility index (Phi) is 4.69. The molecule has 0 bridgehead atoms. The monoisotopic (exact) mass is 379 g/mol. The van der Waals surface area contributed by atoms with Crippen LogP contribution in [0.5, 0.6) is 0 Å². The molecule has 0 unspecified atom stereocenters. The van der Waals surface area contributed by atoms with Gasteiger partial charge in [-0.25, -0.2) is 0 Å². The Bertz CT molecular complexity index is 899. The van der Waals surface area contributed by atoms with Crippen molar-refractivity contribution in [2.45, 2.75) is 20.0 Å². The lowest BCUT2D eigenvalue weighted by Gasteiger charge is -2.16. The first-order valence-corrected chi connectivity index (χ1v) is 8.28. The zero-order chi connectivity index (χ0) is 18.3. The van der Waals surface area contributed by atoms with Crippen LogP contribution in [-0.2, 0) is 17.9 Å². The molecule has 8 heteroatoms. The average Bonchev–Trinajstić information content (AvgIpc) is 2.81. The maximum atomic E-state index is 12.8. The van der Waals surface area contributed by atoms with E-state index in [2.05, 4.69) is 4.98 Å². The van der Waals surface area contributed by atoms with Gasteiger partial charge in [0.25, 0.3) is 5.91 Å². The van der Waals surface area contributed by atoms with Gasteiger partial charge in [0.05, 0.1) is 17.8 Å². The summed E-state index contributed by atoms with van der Waals surface area (Å²) in [6, 6.07) is 5.00. The van der Waals surface area contributed by atoms with Gasteiger partial charge in [-0.3, -0.25) is 14.6 Å². The summed E-state index contributed by atoms with van der Waals surface area (Å²) in [4.78, 5) is 29.5. The van der Waals surface area contributed by atoms with Gasteiger partial charge in [0.15, 0.2) is 0 Å². The molecule has 0 saturated carbocycles. The largest absolute Gasteiger partial charge is 0.480 e. The summed E-state index contributed by atoms with van der Waals surface area (Å²) in [5.41, 5.74) is 9.40. The SMILES string of the molecule is Cc1nc2c(c(-c3ccc(Cl)cc3Cl)c1CN)C(=O)N(CC(=O)O)C2. The van der Waals surface area contributed by atoms with Crippen molar-refractivity contribution in [2.75, 3.05) is 6.54 Å². The van der Waals surface area contributed by atoms with Crippen molar-refractivity contribution in [1.82, 2.24) is 9.88 Å². The molecule has 1 aromatic heterocycles. The second-order valence-corrected chi connectivity index (χ2v) is 6.60. The molecule has 0 atom stereocenters. The van der Waals surface area contributed by atoms with E-state index in [0.717, 1.165) is 0 Å². The summed E-state index contributed by atoms with van der Waals surface area (Å²) >= 11 is 12.3. The summed E-state index contributed by atoms with van der Waals surface area (Å²) in [5.74, 6) is -1.47. The van der Waals surface area contributed by atoms with Crippen LogP contribution in [0.25, 0.3) is 11.1 Å². The lowest BCUT2D eigenvalue weighted by molar-refractivity contribution is -0.137. The van der Waals surface area contributed by atoms with E-state index in [0.29, 0.717) is 43.7 Å². The average molecular weight is 380 g/mol. The number of nitrogens with two attached hydrogens (primary N) is 1. The lowest BCUT2D eigenvalue weighted by Crippen LogP contribution is -2.30. The van der Waals surface area contributed by atoms with Gasteiger partial charge in [-0.1, -0.05) is 29.3 Å². The number of carbonyl (C=O) groups is 2. The fourth-order valence-corrected chi connectivity index (χ4v) is 3.59. The Morgan fingerprint density at radius 2 is 2.08 bits per heavy atom. The first-order valence-electron chi connectivity index (χ1n) is 7.52. The second kappa shape index (κ2) is 6.63. The zero-order valence-electron chi connectivity index (χ0n) is 13.3. The predicted molar refractivity (Wildman–Crippen MR) is 94.7 cm³/mol. The number of halogens is 2. The van der Waals surface area contributed by atoms with Gasteiger partial charge in [-0.15, -0.1) is 0 Å². The number of nitrogens with zero attached hydrogens (tertiary/aromatic N) is 2. The third kappa shape index (κ3) is 3.08. The van der Waals surface area contributed by atoms with Gasteiger partial charge in [-0.05, 0) is 24.6 Å². The Labute approximate surface area is 154 Å². The van der Waals surface area contributed by atoms with Crippen LogP contribution >= 0.6 is 23.2 Å². The molecule has 1 aromatic carbocycles. The predicted octanol–water partition coefficient (Wildman–Crippen LogP) is 2.86. The molecule has 0 fully saturated rings. The smallest absolute Gasteiger partial charge is 0.323 e. The minimum Gasteiger partial charge on any atom is -0.480 e. The highest BCUT2D eigenvalue weighted by molar-refractivity contribution is 6.36. The first kappa shape index (κ1) is 17.7. The molecule has 0 saturated heterocycles. The maximum Gasteiger partial charge on any atom is 0.323 e. The number of hydrogen-bond acceptors (Lipinski definition) is 4. The molecule has 1 aliphatic rings. The molecule has 1 amide bonds. The number of hydrogen-bond donors (Lipinski definition) is 2. The van der Waals surface area contributed by atoms with Crippen molar-refractivity contribution in [1.29, 1.82) is 0 Å². The minimum absolute atomic E-state index is 0.143. The second-order valence-electron chi connectivity index (χ2n) is 5.76. The van der Waals surface area contributed by atoms with E-state index in [-0.39, 0.29) is 25.5 Å². The van der Waals surface area contributed by atoms with Crippen molar-refractivity contribution in [3.05, 3.63) is 50.8 Å². The topological polar surface area (TPSA) is 96.5 Å². The van der Waals surface area contributed by atoms with Gasteiger partial charge in [0, 0.05) is 33.4 Å². The molecule has 0 radical (unpaired) electrons. The molecule has 3 rings (SSSR count). The lowest BCUT2D eigenvalue weighted by atomic mass is 9.93. The molecule has 6 nitrogen and oxygen atoms in total. The van der Waals surface area contributed by atoms with Crippen LogP contribution in [-0.4, -0.2) is 33.4 Å². The van der Waals surface area contributed by atoms with Gasteiger partial charge in [0.2, 0.25) is 0 Å². The molecule has 25 heavy (non-hydrogen) atoms. The number of aromatic nitrogens is 1. The van der Waals surface area contributed by atoms with Crippen molar-refractivity contribution < 1.29 is 14.7 Å². The fourth-order valence-electron chi connectivity index (χ4n) is 3.09. The van der Waals surface area contributed by atoms with E-state index in [1.54, 1.807) is 25.1 Å². The Hall–Kier alpha value is -2.15. The Morgan fingerprint density at radius 3 is 2.68 bits per heavy atom. The number of pyridine rings is 1. The number of amides is 1. The molecule has 2 aromatic rings. The van der Waals surface area contributed by atoms with Crippen LogP contribution in [0.2, 0.25) is 10.0 Å². The number of fused-ring (bicyclic) bond motifs is 1. The summed E-state index contributed by atoms with van der Waals surface area (Å²) in [5, 5.41) is 9.88. The van der Waals surface area contributed by atoms with Crippen LogP contribution in [0.3, 0.4) is 0 Å². The van der Waals surface area contributed by atoms with Crippen LogP contribution < -0.4 is 5.73 Å². The van der Waals surface area contributed by atoms with Crippen LogP contribution in [0.4, 0.5) is 0 Å². The highest BCUT2D eigenvalue weighted by Crippen LogP contribution is 2.39. The molecule has 0 aliphatic carbocycles. The Balaban J connectivity index is 2.26. The quantitative estimate of drug-likeness (QED) is 0.850. The number of carboxylic acids is 1. The van der Waals surface area contributed by atoms with Crippen molar-refractivity contribution in [3.8, 4) is 11.1 Å². The van der Waals surface area contributed by atoms with Crippen LogP contribution in [0.15, 0.2) is 18.2 Å². The van der Waals surface area contributed by atoms with Gasteiger partial charge < -0.3 is 15.7 Å². The third-order valence-corrected chi connectivity index (χ3v) is 4.70. The van der Waals surface area contributed by atoms with Crippen molar-refractivity contribution in [3.63, 3.8) is 0 Å². The third-order valence-electron chi connectivity index (χ3n) is 4.15. The van der Waals surface area contributed by atoms with E-state index >= 15 is 0 Å². The maximum absolute atomic E-state index is 12.8. The van der Waals surface area contributed by atoms with E-state index < -0.39 is 5.97 Å². The summed E-state index contributed by atoms with van der Waals surface area (Å²) < 4.78 is 0. The number of aliphatic carboxylic acids is 1. The summed E-state index contributed by atoms with van der Waals surface area (Å²) in [7, 11) is 0. The van der Waals surface area contributed by atoms with Gasteiger partial charge in [-0.2, -0.15) is 0 Å². The van der Waals surface area contributed by atoms with E-state index in [9.17, 15) is 9.59 Å². The highest BCUT2D eigenvalue weighted by Gasteiger charge is 2.35. The standard InChI is InChI=1S/C17H15Cl2N3O3/c1-8-11(5-20)15(10-3-2-9(18)4-12(10)19)16-13(21-8)6-22(17(16)25)7-14(23)24/h2-4H,5-7,20H2,1H3,(H,23,24). The fraction of sp³-hybridized carbons (Fsp3) is 0.235. The number of rotatable bonds is 4. The zero-order valence-corrected chi connectivity index (χ0v) is 14.9. The number of carbonyl (C=O) groups excluding carboxylic acids is 1. The molecular formula is C17H15Cl2N3O3. The van der Waals surface area contributed by atoms with E-state index in [1.807, 2.05) is 0 Å². The normalized spacial score (nSPS) is 13.3. The molecule has 1 aliphatic heterocycles. The number of benzene rings is 1. The molecule has 2 heterocycles. The summed E-state index contributed by atoms with van der Waals surface area (Å²) in [6.45, 7) is 1.73. The Morgan fingerprint density at radius 1 is 1.36 bits per heavy atom. The van der Waals surface area contributed by atoms with Crippen molar-refractivity contribution >= 4 is 35.1 Å². The number of carboxylic acid groups (broad SMARTS) is 1. The van der Waals surface area contributed by atoms with Crippen LogP contribution in [0.1, 0.15) is 27.3 Å². The minimum atomic E-state index is -1.08. The molecular weight excluding hydrogens is 365 g/mol. The highest BCUT2D eigenvalue weighted by atomic mass is 35.5. The van der Waals surface area contributed by atoms with E-state index in [4.69, 9.17) is 34.0 Å². The molecule has 3 N–H and O–H groups in total. The van der Waals surface area contributed by atoms with Gasteiger partial charge >= 0.3 is 5.97 Å². The molecule has 130 valence electrons. The van der Waals surface area contributed by atoms with Crippen LogP contribution in [0, 0.1) is 6.92 Å². The van der Waals surface area contributed by atoms with Crippen molar-refractivity contribution in [2.24, 2.45) is 5.73 Å². The van der Waals surface area contributed by atoms with Gasteiger partial charge in [0.1, 0.15) is 6.54 Å².